The number of para-hydroxylation sites is 1. The van der Waals surface area contributed by atoms with Gasteiger partial charge in [-0.05, 0) is 34.9 Å². The van der Waals surface area contributed by atoms with Crippen LogP contribution in [0.15, 0.2) is 83.8 Å². The van der Waals surface area contributed by atoms with Gasteiger partial charge in [0.25, 0.3) is 0 Å². The molecule has 1 atom stereocenters. The molecule has 4 rings (SSSR count). The standard InChI is InChI=1S/C22H17FN2O4S/c23-30(28,29)17-10-6-9-16(13-17)22-21(18-11-4-5-12-20(18)24-22)19(14-25(26)27)15-7-2-1-3-8-15/h1-13,19,24H,14H2. The van der Waals surface area contributed by atoms with Crippen molar-refractivity contribution in [2.45, 2.75) is 10.8 Å². The van der Waals surface area contributed by atoms with E-state index in [-0.39, 0.29) is 11.5 Å². The van der Waals surface area contributed by atoms with Crippen molar-refractivity contribution < 1.29 is 17.2 Å². The first kappa shape index (κ1) is 19.8. The molecular weight excluding hydrogens is 407 g/mol. The molecule has 1 unspecified atom stereocenters. The van der Waals surface area contributed by atoms with Gasteiger partial charge in [-0.15, -0.1) is 3.89 Å². The fourth-order valence-electron chi connectivity index (χ4n) is 3.75. The van der Waals surface area contributed by atoms with E-state index in [1.807, 2.05) is 54.6 Å². The van der Waals surface area contributed by atoms with Gasteiger partial charge in [0, 0.05) is 15.8 Å². The maximum atomic E-state index is 13.6. The molecule has 3 aromatic carbocycles. The number of fused-ring (bicyclic) bond motifs is 1. The molecule has 1 N–H and O–H groups in total. The van der Waals surface area contributed by atoms with E-state index in [4.69, 9.17) is 0 Å². The molecule has 4 aromatic rings. The summed E-state index contributed by atoms with van der Waals surface area (Å²) < 4.78 is 36.4. The predicted molar refractivity (Wildman–Crippen MR) is 112 cm³/mol. The van der Waals surface area contributed by atoms with Gasteiger partial charge < -0.3 is 4.98 Å². The molecule has 0 aliphatic carbocycles. The van der Waals surface area contributed by atoms with Crippen LogP contribution in [0.2, 0.25) is 0 Å². The third kappa shape index (κ3) is 3.81. The van der Waals surface area contributed by atoms with E-state index >= 15 is 0 Å². The molecule has 6 nitrogen and oxygen atoms in total. The summed E-state index contributed by atoms with van der Waals surface area (Å²) in [5, 5.41) is 12.3. The van der Waals surface area contributed by atoms with Crippen LogP contribution >= 0.6 is 0 Å². The summed E-state index contributed by atoms with van der Waals surface area (Å²) in [6, 6.07) is 22.0. The van der Waals surface area contributed by atoms with Crippen molar-refractivity contribution in [1.29, 1.82) is 0 Å². The van der Waals surface area contributed by atoms with Gasteiger partial charge in [0.2, 0.25) is 6.54 Å². The third-order valence-electron chi connectivity index (χ3n) is 5.03. The molecule has 152 valence electrons. The van der Waals surface area contributed by atoms with Crippen molar-refractivity contribution in [3.63, 3.8) is 0 Å². The minimum atomic E-state index is -4.89. The number of nitro groups is 1. The molecule has 1 heterocycles. The minimum absolute atomic E-state index is 0.347. The summed E-state index contributed by atoms with van der Waals surface area (Å²) in [5.74, 6) is -0.585. The summed E-state index contributed by atoms with van der Waals surface area (Å²) in [5.41, 5.74) is 3.14. The van der Waals surface area contributed by atoms with Gasteiger partial charge in [0.1, 0.15) is 0 Å². The van der Waals surface area contributed by atoms with E-state index in [0.29, 0.717) is 16.8 Å². The summed E-state index contributed by atoms with van der Waals surface area (Å²) in [6.07, 6.45) is 0. The Balaban J connectivity index is 2.01. The number of H-pyrrole nitrogens is 1. The zero-order chi connectivity index (χ0) is 21.3. The van der Waals surface area contributed by atoms with Crippen LogP contribution in [0.1, 0.15) is 17.0 Å². The van der Waals surface area contributed by atoms with E-state index in [1.54, 1.807) is 6.07 Å². The molecule has 30 heavy (non-hydrogen) atoms. The predicted octanol–water partition coefficient (Wildman–Crippen LogP) is 4.90. The highest BCUT2D eigenvalue weighted by Crippen LogP contribution is 2.39. The molecule has 0 bridgehead atoms. The van der Waals surface area contributed by atoms with Gasteiger partial charge in [-0.3, -0.25) is 10.1 Å². The van der Waals surface area contributed by atoms with Crippen molar-refractivity contribution >= 4 is 21.1 Å². The first-order valence-electron chi connectivity index (χ1n) is 9.17. The maximum absolute atomic E-state index is 13.6. The number of nitrogens with one attached hydrogen (secondary N) is 1. The zero-order valence-electron chi connectivity index (χ0n) is 15.7. The molecular formula is C22H17FN2O4S. The van der Waals surface area contributed by atoms with Crippen LogP contribution in [0.25, 0.3) is 22.2 Å². The Morgan fingerprint density at radius 2 is 1.67 bits per heavy atom. The number of aromatic nitrogens is 1. The first-order chi connectivity index (χ1) is 14.3. The lowest BCUT2D eigenvalue weighted by molar-refractivity contribution is -0.481. The molecule has 0 radical (unpaired) electrons. The second-order valence-electron chi connectivity index (χ2n) is 6.90. The van der Waals surface area contributed by atoms with Gasteiger partial charge in [-0.1, -0.05) is 60.7 Å². The summed E-state index contributed by atoms with van der Waals surface area (Å²) in [7, 11) is -4.89. The van der Waals surface area contributed by atoms with Crippen LogP contribution in [0.4, 0.5) is 3.89 Å². The van der Waals surface area contributed by atoms with Gasteiger partial charge >= 0.3 is 10.2 Å². The molecule has 1 aromatic heterocycles. The molecule has 0 saturated heterocycles. The van der Waals surface area contributed by atoms with Crippen molar-refractivity contribution in [3.8, 4) is 11.3 Å². The fourth-order valence-corrected chi connectivity index (χ4v) is 4.26. The Morgan fingerprint density at radius 1 is 0.967 bits per heavy atom. The maximum Gasteiger partial charge on any atom is 0.332 e. The highest BCUT2D eigenvalue weighted by molar-refractivity contribution is 7.86. The monoisotopic (exact) mass is 424 g/mol. The van der Waals surface area contributed by atoms with E-state index < -0.39 is 21.0 Å². The lowest BCUT2D eigenvalue weighted by atomic mass is 9.87. The number of hydrogen-bond donors (Lipinski definition) is 1. The SMILES string of the molecule is O=[N+]([O-])CC(c1ccccc1)c1c(-c2cccc(S(=O)(=O)F)c2)[nH]c2ccccc12. The molecule has 0 spiro atoms. The number of rotatable bonds is 6. The minimum Gasteiger partial charge on any atom is -0.354 e. The third-order valence-corrected chi connectivity index (χ3v) is 5.85. The Bertz CT molecular complexity index is 1330. The number of benzene rings is 3. The quantitative estimate of drug-likeness (QED) is 0.271. The Kier molecular flexibility index (Phi) is 5.09. The summed E-state index contributed by atoms with van der Waals surface area (Å²) in [4.78, 5) is 13.9. The second-order valence-corrected chi connectivity index (χ2v) is 8.25. The van der Waals surface area contributed by atoms with Crippen LogP contribution in [0, 0.1) is 10.1 Å². The zero-order valence-corrected chi connectivity index (χ0v) is 16.5. The molecule has 0 fully saturated rings. The van der Waals surface area contributed by atoms with Crippen LogP contribution in [-0.4, -0.2) is 24.9 Å². The normalized spacial score (nSPS) is 12.7. The second kappa shape index (κ2) is 7.72. The van der Waals surface area contributed by atoms with Crippen LogP contribution < -0.4 is 0 Å². The Morgan fingerprint density at radius 3 is 2.37 bits per heavy atom. The topological polar surface area (TPSA) is 93.1 Å². The Labute approximate surface area is 172 Å². The van der Waals surface area contributed by atoms with Gasteiger partial charge in [0.05, 0.1) is 16.5 Å². The van der Waals surface area contributed by atoms with Gasteiger partial charge in [-0.25, -0.2) is 0 Å². The van der Waals surface area contributed by atoms with Gasteiger partial charge in [0.15, 0.2) is 0 Å². The average Bonchev–Trinajstić information content (AvgIpc) is 3.11. The number of hydrogen-bond acceptors (Lipinski definition) is 4. The average molecular weight is 424 g/mol. The lowest BCUT2D eigenvalue weighted by Gasteiger charge is -2.16. The van der Waals surface area contributed by atoms with E-state index in [1.165, 1.54) is 18.2 Å². The fraction of sp³-hybridized carbons (Fsp3) is 0.0909. The van der Waals surface area contributed by atoms with Crippen LogP contribution in [-0.2, 0) is 10.2 Å². The molecule has 0 aliphatic heterocycles. The highest BCUT2D eigenvalue weighted by atomic mass is 32.3. The largest absolute Gasteiger partial charge is 0.354 e. The van der Waals surface area contributed by atoms with E-state index in [0.717, 1.165) is 16.5 Å². The first-order valence-corrected chi connectivity index (χ1v) is 10.6. The van der Waals surface area contributed by atoms with Crippen molar-refractivity contribution in [2.24, 2.45) is 0 Å². The molecule has 8 heteroatoms. The summed E-state index contributed by atoms with van der Waals surface area (Å²) in [6.45, 7) is -0.347. The van der Waals surface area contributed by atoms with Crippen LogP contribution in [0.5, 0.6) is 0 Å². The van der Waals surface area contributed by atoms with Crippen molar-refractivity contribution in [1.82, 2.24) is 4.98 Å². The number of aromatic amines is 1. The van der Waals surface area contributed by atoms with Crippen molar-refractivity contribution in [2.75, 3.05) is 6.54 Å². The number of halogens is 1. The smallest absolute Gasteiger partial charge is 0.332 e. The lowest BCUT2D eigenvalue weighted by Crippen LogP contribution is -2.14. The van der Waals surface area contributed by atoms with Crippen LogP contribution in [0.3, 0.4) is 0 Å². The van der Waals surface area contributed by atoms with Crippen molar-refractivity contribution in [3.05, 3.63) is 100 Å². The van der Waals surface area contributed by atoms with Gasteiger partial charge in [-0.2, -0.15) is 8.42 Å². The Hall–Kier alpha value is -3.52. The molecule has 0 saturated carbocycles. The highest BCUT2D eigenvalue weighted by Gasteiger charge is 2.27. The molecule has 0 aliphatic rings. The van der Waals surface area contributed by atoms with E-state index in [2.05, 4.69) is 4.98 Å². The molecule has 0 amide bonds. The number of nitrogens with zero attached hydrogens (tertiary/aromatic N) is 1. The van der Waals surface area contributed by atoms with E-state index in [9.17, 15) is 22.4 Å². The summed E-state index contributed by atoms with van der Waals surface area (Å²) >= 11 is 0.